The number of ether oxygens (including phenoxy) is 4. The number of anilines is 1. The van der Waals surface area contributed by atoms with Gasteiger partial charge in [0.1, 0.15) is 18.8 Å². The maximum absolute atomic E-state index is 15.1. The molecule has 1 amide bonds. The molecule has 262 valence electrons. The van der Waals surface area contributed by atoms with E-state index in [0.717, 1.165) is 52.0 Å². The number of amides is 1. The van der Waals surface area contributed by atoms with Gasteiger partial charge in [-0.2, -0.15) is 0 Å². The van der Waals surface area contributed by atoms with E-state index < -0.39 is 33.5 Å². The van der Waals surface area contributed by atoms with Gasteiger partial charge in [-0.1, -0.05) is 95.9 Å². The van der Waals surface area contributed by atoms with Gasteiger partial charge in [-0.05, 0) is 49.6 Å². The van der Waals surface area contributed by atoms with Crippen molar-refractivity contribution in [1.82, 2.24) is 0 Å². The Morgan fingerprint density at radius 1 is 0.647 bits per heavy atom. The van der Waals surface area contributed by atoms with Crippen molar-refractivity contribution in [2.75, 3.05) is 33.3 Å². The summed E-state index contributed by atoms with van der Waals surface area (Å²) in [5, 5.41) is 0. The first kappa shape index (κ1) is 36.1. The van der Waals surface area contributed by atoms with Crippen LogP contribution in [0.25, 0.3) is 16.7 Å². The van der Waals surface area contributed by atoms with Crippen molar-refractivity contribution >= 4 is 76.3 Å². The lowest BCUT2D eigenvalue weighted by Gasteiger charge is -2.51. The normalized spacial score (nSPS) is 17.1. The van der Waals surface area contributed by atoms with Crippen molar-refractivity contribution in [2.45, 2.75) is 30.4 Å². The molecule has 0 aromatic heterocycles. The molecule has 6 rings (SSSR count). The molecule has 3 aliphatic heterocycles. The fourth-order valence-electron chi connectivity index (χ4n) is 6.45. The van der Waals surface area contributed by atoms with E-state index in [0.29, 0.717) is 27.3 Å². The van der Waals surface area contributed by atoms with E-state index in [9.17, 15) is 19.2 Å². The summed E-state index contributed by atoms with van der Waals surface area (Å²) in [4.78, 5) is 71.2. The van der Waals surface area contributed by atoms with Crippen molar-refractivity contribution in [2.24, 2.45) is 0 Å². The van der Waals surface area contributed by atoms with Crippen molar-refractivity contribution in [3.8, 4) is 11.1 Å². The van der Waals surface area contributed by atoms with Crippen LogP contribution in [0.15, 0.2) is 98.0 Å². The second kappa shape index (κ2) is 13.8. The lowest BCUT2D eigenvalue weighted by atomic mass is 9.82. The Labute approximate surface area is 307 Å². The van der Waals surface area contributed by atoms with Gasteiger partial charge in [-0.25, -0.2) is 19.2 Å². The molecule has 3 aliphatic rings. The van der Waals surface area contributed by atoms with Crippen LogP contribution in [-0.4, -0.2) is 67.8 Å². The highest BCUT2D eigenvalue weighted by Crippen LogP contribution is 2.71. The van der Waals surface area contributed by atoms with Crippen molar-refractivity contribution < 1.29 is 42.9 Å². The standard InChI is InChI=1S/C38H33NO9S3/c1-20-17-18-24-25(19-20)39(32(40)23-16-12-11-15-22(23)21-13-9-8-10-14-21)37(2,3)31-26(24)38(27(33(41)45-4)28(49-31)34(42)46-5)50-29(35(43)47-6)30(51-38)36(44)48-7/h8-19H,1-7H3. The van der Waals surface area contributed by atoms with Crippen LogP contribution in [-0.2, 0) is 38.1 Å². The fourth-order valence-corrected chi connectivity index (χ4v) is 11.5. The third-order valence-electron chi connectivity index (χ3n) is 8.74. The molecule has 0 unspecified atom stereocenters. The molecule has 0 atom stereocenters. The summed E-state index contributed by atoms with van der Waals surface area (Å²) in [5.74, 6) is -3.67. The van der Waals surface area contributed by atoms with Gasteiger partial charge in [0.25, 0.3) is 5.91 Å². The van der Waals surface area contributed by atoms with E-state index in [1.807, 2.05) is 87.5 Å². The van der Waals surface area contributed by atoms with Crippen LogP contribution in [0.2, 0.25) is 0 Å². The van der Waals surface area contributed by atoms with Crippen molar-refractivity contribution in [3.63, 3.8) is 0 Å². The molecule has 3 aromatic carbocycles. The summed E-state index contributed by atoms with van der Waals surface area (Å²) < 4.78 is 19.0. The molecule has 10 nitrogen and oxygen atoms in total. The Morgan fingerprint density at radius 2 is 1.20 bits per heavy atom. The molecule has 0 saturated carbocycles. The molecular weight excluding hydrogens is 711 g/mol. The molecule has 0 saturated heterocycles. The number of hydrogen-bond donors (Lipinski definition) is 0. The minimum absolute atomic E-state index is 0.111. The largest absolute Gasteiger partial charge is 0.466 e. The average molecular weight is 744 g/mol. The second-order valence-corrected chi connectivity index (χ2v) is 15.8. The Hall–Kier alpha value is -4.72. The number of fused-ring (bicyclic) bond motifs is 3. The highest BCUT2D eigenvalue weighted by Gasteiger charge is 2.62. The van der Waals surface area contributed by atoms with E-state index in [1.165, 1.54) is 28.4 Å². The van der Waals surface area contributed by atoms with Gasteiger partial charge in [0.15, 0.2) is 0 Å². The lowest BCUT2D eigenvalue weighted by molar-refractivity contribution is -0.138. The van der Waals surface area contributed by atoms with Crippen LogP contribution in [0.4, 0.5) is 5.69 Å². The van der Waals surface area contributed by atoms with Crippen LogP contribution < -0.4 is 4.90 Å². The SMILES string of the molecule is COC(=O)C1=C(C(=O)OC)SC2(S1)C(C(=O)OC)=C(C(=O)OC)SC1=C2c2ccc(C)cc2N(C(=O)c2ccccc2-c2ccccc2)C1(C)C. The summed E-state index contributed by atoms with van der Waals surface area (Å²) in [6, 6.07) is 22.6. The summed E-state index contributed by atoms with van der Waals surface area (Å²) in [5.41, 5.74) is 3.18. The number of esters is 4. The van der Waals surface area contributed by atoms with E-state index in [2.05, 4.69) is 0 Å². The first-order valence-electron chi connectivity index (χ1n) is 15.6. The first-order chi connectivity index (χ1) is 24.4. The van der Waals surface area contributed by atoms with Crippen molar-refractivity contribution in [1.29, 1.82) is 0 Å². The van der Waals surface area contributed by atoms with Gasteiger partial charge in [-0.15, -0.1) is 0 Å². The monoisotopic (exact) mass is 743 g/mol. The maximum Gasteiger partial charge on any atom is 0.345 e. The summed E-state index contributed by atoms with van der Waals surface area (Å²) >= 11 is 2.77. The van der Waals surface area contributed by atoms with Gasteiger partial charge in [0.2, 0.25) is 0 Å². The Balaban J connectivity index is 1.67. The minimum Gasteiger partial charge on any atom is -0.466 e. The highest BCUT2D eigenvalue weighted by atomic mass is 32.2. The van der Waals surface area contributed by atoms with Gasteiger partial charge in [0.05, 0.1) is 45.2 Å². The van der Waals surface area contributed by atoms with Gasteiger partial charge in [0, 0.05) is 21.6 Å². The molecule has 0 radical (unpaired) electrons. The first-order valence-corrected chi connectivity index (χ1v) is 18.0. The van der Waals surface area contributed by atoms with E-state index in [4.69, 9.17) is 18.9 Å². The molecule has 0 aliphatic carbocycles. The summed E-state index contributed by atoms with van der Waals surface area (Å²) in [6.07, 6.45) is 0. The molecule has 0 N–H and O–H groups in total. The van der Waals surface area contributed by atoms with Gasteiger partial charge >= 0.3 is 23.9 Å². The summed E-state index contributed by atoms with van der Waals surface area (Å²) in [6.45, 7) is 5.62. The Bertz CT molecular complexity index is 2090. The molecule has 0 fully saturated rings. The zero-order valence-corrected chi connectivity index (χ0v) is 31.2. The van der Waals surface area contributed by atoms with Crippen molar-refractivity contribution in [3.05, 3.63) is 115 Å². The van der Waals surface area contributed by atoms with Gasteiger partial charge < -0.3 is 18.9 Å². The molecule has 3 aromatic rings. The molecule has 51 heavy (non-hydrogen) atoms. The average Bonchev–Trinajstić information content (AvgIpc) is 3.53. The number of benzene rings is 3. The number of carbonyl (C=O) groups excluding carboxylic acids is 5. The quantitative estimate of drug-likeness (QED) is 0.193. The smallest absolute Gasteiger partial charge is 0.345 e. The molecule has 3 heterocycles. The number of carbonyl (C=O) groups is 5. The lowest BCUT2D eigenvalue weighted by Crippen LogP contribution is -2.54. The molecular formula is C38H33NO9S3. The van der Waals surface area contributed by atoms with E-state index in [-0.39, 0.29) is 26.2 Å². The fraction of sp³-hybridized carbons (Fsp3) is 0.237. The topological polar surface area (TPSA) is 126 Å². The number of rotatable bonds is 6. The van der Waals surface area contributed by atoms with Crippen LogP contribution in [0, 0.1) is 6.92 Å². The number of methoxy groups -OCH3 is 4. The third-order valence-corrected chi connectivity index (χ3v) is 13.4. The molecule has 0 bridgehead atoms. The summed E-state index contributed by atoms with van der Waals surface area (Å²) in [7, 11) is 4.73. The Kier molecular flexibility index (Phi) is 9.75. The van der Waals surface area contributed by atoms with Crippen LogP contribution in [0.5, 0.6) is 0 Å². The number of nitrogens with zero attached hydrogens (tertiary/aromatic N) is 1. The maximum atomic E-state index is 15.1. The predicted octanol–water partition coefficient (Wildman–Crippen LogP) is 6.89. The van der Waals surface area contributed by atoms with Crippen LogP contribution in [0.1, 0.15) is 35.3 Å². The van der Waals surface area contributed by atoms with Crippen LogP contribution in [0.3, 0.4) is 0 Å². The van der Waals surface area contributed by atoms with E-state index >= 15 is 4.79 Å². The number of aryl methyl sites for hydroxylation is 1. The van der Waals surface area contributed by atoms with Crippen LogP contribution >= 0.6 is 35.3 Å². The Morgan fingerprint density at radius 3 is 1.78 bits per heavy atom. The molecule has 13 heteroatoms. The second-order valence-electron chi connectivity index (χ2n) is 12.1. The van der Waals surface area contributed by atoms with E-state index in [1.54, 1.807) is 11.0 Å². The zero-order valence-electron chi connectivity index (χ0n) is 28.8. The molecule has 1 spiro atoms. The number of thioether (sulfide) groups is 3. The minimum atomic E-state index is -1.66. The third kappa shape index (κ3) is 5.77. The highest BCUT2D eigenvalue weighted by molar-refractivity contribution is 8.26. The predicted molar refractivity (Wildman–Crippen MR) is 198 cm³/mol. The zero-order chi connectivity index (χ0) is 36.8. The van der Waals surface area contributed by atoms with Gasteiger partial charge in [-0.3, -0.25) is 9.69 Å². The number of hydrogen-bond acceptors (Lipinski definition) is 12.